The first-order chi connectivity index (χ1) is 8.08. The summed E-state index contributed by atoms with van der Waals surface area (Å²) in [5, 5.41) is 0. The first kappa shape index (κ1) is 12.3. The van der Waals surface area contributed by atoms with Crippen LogP contribution < -0.4 is 0 Å². The number of aryl methyl sites for hydroxylation is 1. The van der Waals surface area contributed by atoms with Crippen molar-refractivity contribution in [3.63, 3.8) is 0 Å². The number of nitrogens with zero attached hydrogens (tertiary/aromatic N) is 1. The van der Waals surface area contributed by atoms with Gasteiger partial charge in [-0.15, -0.1) is 0 Å². The maximum atomic E-state index is 12.2. The number of likely N-dealkylation sites (tertiary alicyclic amines) is 1. The van der Waals surface area contributed by atoms with E-state index in [1.165, 1.54) is 0 Å². The van der Waals surface area contributed by atoms with Crippen LogP contribution in [0.2, 0.25) is 0 Å². The number of rotatable bonds is 1. The van der Waals surface area contributed by atoms with E-state index < -0.39 is 0 Å². The first-order valence-corrected chi connectivity index (χ1v) is 6.44. The molecule has 1 amide bonds. The van der Waals surface area contributed by atoms with Gasteiger partial charge in [0, 0.05) is 30.4 Å². The molecule has 3 nitrogen and oxygen atoms in total. The number of amides is 1. The minimum Gasteiger partial charge on any atom is -0.338 e. The number of hydrogen-bond donors (Lipinski definition) is 0. The Balaban J connectivity index is 2.16. The van der Waals surface area contributed by atoms with Crippen molar-refractivity contribution < 1.29 is 9.59 Å². The predicted octanol–water partition coefficient (Wildman–Crippen LogP) is 2.56. The molecule has 1 fully saturated rings. The van der Waals surface area contributed by atoms with E-state index in [1.807, 2.05) is 25.1 Å². The summed E-state index contributed by atoms with van der Waals surface area (Å²) in [5.41, 5.74) is 1.78. The molecule has 90 valence electrons. The fourth-order valence-electron chi connectivity index (χ4n) is 1.92. The topological polar surface area (TPSA) is 37.4 Å². The summed E-state index contributed by atoms with van der Waals surface area (Å²) in [5.74, 6) is 0.251. The summed E-state index contributed by atoms with van der Waals surface area (Å²) in [6, 6.07) is 5.69. The average Bonchev–Trinajstić information content (AvgIpc) is 2.29. The van der Waals surface area contributed by atoms with E-state index in [0.29, 0.717) is 31.5 Å². The van der Waals surface area contributed by atoms with Crippen molar-refractivity contribution in [3.8, 4) is 0 Å². The van der Waals surface area contributed by atoms with Crippen LogP contribution in [0.5, 0.6) is 0 Å². The maximum Gasteiger partial charge on any atom is 0.255 e. The van der Waals surface area contributed by atoms with E-state index >= 15 is 0 Å². The minimum absolute atomic E-state index is 0.00405. The average molecular weight is 296 g/mol. The van der Waals surface area contributed by atoms with Crippen LogP contribution in [-0.4, -0.2) is 29.7 Å². The van der Waals surface area contributed by atoms with E-state index in [9.17, 15) is 9.59 Å². The molecule has 4 heteroatoms. The molecular formula is C13H14BrNO2. The van der Waals surface area contributed by atoms with E-state index in [0.717, 1.165) is 10.0 Å². The Morgan fingerprint density at radius 1 is 1.29 bits per heavy atom. The molecular weight excluding hydrogens is 282 g/mol. The van der Waals surface area contributed by atoms with Gasteiger partial charge in [-0.1, -0.05) is 6.07 Å². The molecule has 0 N–H and O–H groups in total. The van der Waals surface area contributed by atoms with Crippen LogP contribution in [0.15, 0.2) is 22.7 Å². The third-order valence-corrected chi connectivity index (χ3v) is 3.62. The molecule has 2 rings (SSSR count). The zero-order valence-corrected chi connectivity index (χ0v) is 11.3. The molecule has 1 heterocycles. The van der Waals surface area contributed by atoms with Crippen molar-refractivity contribution in [2.45, 2.75) is 19.8 Å². The number of Topliss-reactive ketones (excluding diaryl/α,β-unsaturated/α-hetero) is 1. The van der Waals surface area contributed by atoms with E-state index in [1.54, 1.807) is 4.90 Å². The van der Waals surface area contributed by atoms with Crippen molar-refractivity contribution in [2.75, 3.05) is 13.1 Å². The molecule has 0 saturated carbocycles. The lowest BCUT2D eigenvalue weighted by Crippen LogP contribution is -2.38. The zero-order valence-electron chi connectivity index (χ0n) is 9.70. The van der Waals surface area contributed by atoms with Crippen LogP contribution in [0.4, 0.5) is 0 Å². The minimum atomic E-state index is 0.00405. The van der Waals surface area contributed by atoms with Gasteiger partial charge in [0.1, 0.15) is 5.78 Å². The highest BCUT2D eigenvalue weighted by Crippen LogP contribution is 2.21. The van der Waals surface area contributed by atoms with Crippen LogP contribution >= 0.6 is 15.9 Å². The molecule has 17 heavy (non-hydrogen) atoms. The summed E-state index contributed by atoms with van der Waals surface area (Å²) in [4.78, 5) is 25.1. The van der Waals surface area contributed by atoms with Crippen molar-refractivity contribution in [1.82, 2.24) is 4.90 Å². The molecule has 1 aliphatic heterocycles. The quantitative estimate of drug-likeness (QED) is 0.798. The van der Waals surface area contributed by atoms with Gasteiger partial charge >= 0.3 is 0 Å². The van der Waals surface area contributed by atoms with Gasteiger partial charge in [0.15, 0.2) is 0 Å². The molecule has 1 saturated heterocycles. The third-order valence-electron chi connectivity index (χ3n) is 2.96. The van der Waals surface area contributed by atoms with Gasteiger partial charge in [-0.05, 0) is 40.5 Å². The summed E-state index contributed by atoms with van der Waals surface area (Å²) >= 11 is 3.41. The van der Waals surface area contributed by atoms with Crippen molar-refractivity contribution >= 4 is 27.6 Å². The smallest absolute Gasteiger partial charge is 0.255 e. The fraction of sp³-hybridized carbons (Fsp3) is 0.385. The van der Waals surface area contributed by atoms with E-state index in [-0.39, 0.29) is 11.7 Å². The Morgan fingerprint density at radius 2 is 1.94 bits per heavy atom. The number of piperidine rings is 1. The Morgan fingerprint density at radius 3 is 2.53 bits per heavy atom. The van der Waals surface area contributed by atoms with Gasteiger partial charge in [0.2, 0.25) is 0 Å². The normalized spacial score (nSPS) is 16.1. The molecule has 0 unspecified atom stereocenters. The van der Waals surface area contributed by atoms with Crippen molar-refractivity contribution in [1.29, 1.82) is 0 Å². The Labute approximate surface area is 109 Å². The summed E-state index contributed by atoms with van der Waals surface area (Å²) < 4.78 is 0.819. The van der Waals surface area contributed by atoms with Crippen LogP contribution in [0.3, 0.4) is 0 Å². The lowest BCUT2D eigenvalue weighted by atomic mass is 10.1. The molecule has 0 bridgehead atoms. The number of carbonyl (C=O) groups is 2. The maximum absolute atomic E-state index is 12.2. The number of benzene rings is 1. The highest BCUT2D eigenvalue weighted by Gasteiger charge is 2.22. The highest BCUT2D eigenvalue weighted by molar-refractivity contribution is 9.10. The summed E-state index contributed by atoms with van der Waals surface area (Å²) in [6.07, 6.45) is 0.963. The summed E-state index contributed by atoms with van der Waals surface area (Å²) in [7, 11) is 0. The highest BCUT2D eigenvalue weighted by atomic mass is 79.9. The monoisotopic (exact) mass is 295 g/mol. The van der Waals surface area contributed by atoms with Gasteiger partial charge in [0.05, 0.1) is 5.56 Å². The van der Waals surface area contributed by atoms with Crippen LogP contribution in [-0.2, 0) is 4.79 Å². The van der Waals surface area contributed by atoms with Gasteiger partial charge in [-0.2, -0.15) is 0 Å². The molecule has 0 radical (unpaired) electrons. The van der Waals surface area contributed by atoms with Crippen molar-refractivity contribution in [2.24, 2.45) is 0 Å². The molecule has 1 aromatic carbocycles. The van der Waals surface area contributed by atoms with Crippen LogP contribution in [0.1, 0.15) is 28.8 Å². The standard InChI is InChI=1S/C13H14BrNO2/c1-9-2-3-11(12(14)8-9)13(17)15-6-4-10(16)5-7-15/h2-3,8H,4-7H2,1H3. The third kappa shape index (κ3) is 2.75. The molecule has 0 aliphatic carbocycles. The second-order valence-electron chi connectivity index (χ2n) is 4.31. The number of halogens is 1. The lowest BCUT2D eigenvalue weighted by Gasteiger charge is -2.26. The molecule has 1 aromatic rings. The zero-order chi connectivity index (χ0) is 12.4. The van der Waals surface area contributed by atoms with Gasteiger partial charge in [0.25, 0.3) is 5.91 Å². The Kier molecular flexibility index (Phi) is 3.62. The predicted molar refractivity (Wildman–Crippen MR) is 69.0 cm³/mol. The second kappa shape index (κ2) is 5.00. The number of hydrogen-bond acceptors (Lipinski definition) is 2. The van der Waals surface area contributed by atoms with E-state index in [4.69, 9.17) is 0 Å². The van der Waals surface area contributed by atoms with Gasteiger partial charge in [-0.3, -0.25) is 9.59 Å². The lowest BCUT2D eigenvalue weighted by molar-refractivity contribution is -0.120. The molecule has 0 aromatic heterocycles. The van der Waals surface area contributed by atoms with Crippen molar-refractivity contribution in [3.05, 3.63) is 33.8 Å². The largest absolute Gasteiger partial charge is 0.338 e. The Hall–Kier alpha value is -1.16. The van der Waals surface area contributed by atoms with Crippen LogP contribution in [0, 0.1) is 6.92 Å². The summed E-state index contributed by atoms with van der Waals surface area (Å²) in [6.45, 7) is 3.06. The fourth-order valence-corrected chi connectivity index (χ4v) is 2.59. The molecule has 1 aliphatic rings. The molecule has 0 atom stereocenters. The number of ketones is 1. The van der Waals surface area contributed by atoms with Crippen LogP contribution in [0.25, 0.3) is 0 Å². The second-order valence-corrected chi connectivity index (χ2v) is 5.17. The van der Waals surface area contributed by atoms with E-state index in [2.05, 4.69) is 15.9 Å². The van der Waals surface area contributed by atoms with Gasteiger partial charge in [-0.25, -0.2) is 0 Å². The SMILES string of the molecule is Cc1ccc(C(=O)N2CCC(=O)CC2)c(Br)c1. The van der Waals surface area contributed by atoms with Gasteiger partial charge < -0.3 is 4.90 Å². The molecule has 0 spiro atoms. The Bertz CT molecular complexity index is 460. The first-order valence-electron chi connectivity index (χ1n) is 5.65. The number of carbonyl (C=O) groups excluding carboxylic acids is 2.